The van der Waals surface area contributed by atoms with Gasteiger partial charge < -0.3 is 5.32 Å². The van der Waals surface area contributed by atoms with Crippen molar-refractivity contribution in [2.75, 3.05) is 10.2 Å². The smallest absolute Gasteiger partial charge is 0.269 e. The van der Waals surface area contributed by atoms with Gasteiger partial charge in [0.25, 0.3) is 5.91 Å². The second-order valence-electron chi connectivity index (χ2n) is 8.03. The maximum absolute atomic E-state index is 13.6. The molecule has 2 amide bonds. The first-order valence-corrected chi connectivity index (χ1v) is 12.5. The number of aryl methyl sites for hydroxylation is 1. The summed E-state index contributed by atoms with van der Waals surface area (Å²) in [6, 6.07) is 21.8. The number of halogens is 2. The molecule has 1 aliphatic heterocycles. The van der Waals surface area contributed by atoms with Crippen LogP contribution in [0, 0.1) is 25.2 Å². The molecule has 176 valence electrons. The summed E-state index contributed by atoms with van der Waals surface area (Å²) in [7, 11) is 0. The van der Waals surface area contributed by atoms with E-state index in [0.717, 1.165) is 16.7 Å². The normalized spacial score (nSPS) is 16.7. The molecule has 0 aromatic heterocycles. The summed E-state index contributed by atoms with van der Waals surface area (Å²) in [5.41, 5.74) is 3.71. The Bertz CT molecular complexity index is 1380. The van der Waals surface area contributed by atoms with Crippen LogP contribution in [0.5, 0.6) is 0 Å². The van der Waals surface area contributed by atoms with E-state index in [4.69, 9.17) is 23.2 Å². The molecule has 0 unspecified atom stereocenters. The zero-order valence-electron chi connectivity index (χ0n) is 19.0. The number of benzene rings is 3. The molecule has 0 radical (unpaired) electrons. The van der Waals surface area contributed by atoms with Crippen LogP contribution in [0.2, 0.25) is 10.0 Å². The molecular formula is C27H21Cl2N3O2S. The molecule has 35 heavy (non-hydrogen) atoms. The Morgan fingerprint density at radius 3 is 2.49 bits per heavy atom. The molecule has 3 aromatic rings. The van der Waals surface area contributed by atoms with Crippen molar-refractivity contribution in [1.82, 2.24) is 0 Å². The number of rotatable bonds is 5. The van der Waals surface area contributed by atoms with Crippen LogP contribution in [0.1, 0.15) is 16.7 Å². The van der Waals surface area contributed by atoms with Crippen molar-refractivity contribution in [3.8, 4) is 6.07 Å². The lowest BCUT2D eigenvalue weighted by Gasteiger charge is -2.19. The summed E-state index contributed by atoms with van der Waals surface area (Å²) in [6.45, 7) is 3.85. The second kappa shape index (κ2) is 10.6. The van der Waals surface area contributed by atoms with Crippen molar-refractivity contribution in [2.45, 2.75) is 25.5 Å². The highest BCUT2D eigenvalue weighted by atomic mass is 35.5. The van der Waals surface area contributed by atoms with E-state index in [1.54, 1.807) is 42.5 Å². The van der Waals surface area contributed by atoms with Crippen LogP contribution in [0.3, 0.4) is 0 Å². The van der Waals surface area contributed by atoms with Crippen LogP contribution in [0.4, 0.5) is 11.4 Å². The summed E-state index contributed by atoms with van der Waals surface area (Å²) < 4.78 is 0. The largest absolute Gasteiger partial charge is 0.321 e. The molecule has 1 N–H and O–H groups in total. The maximum atomic E-state index is 13.6. The lowest BCUT2D eigenvalue weighted by Crippen LogP contribution is -2.31. The van der Waals surface area contributed by atoms with E-state index in [1.807, 2.05) is 44.2 Å². The Kier molecular flexibility index (Phi) is 7.51. The van der Waals surface area contributed by atoms with Gasteiger partial charge in [-0.2, -0.15) is 5.26 Å². The van der Waals surface area contributed by atoms with Crippen LogP contribution in [0.15, 0.2) is 77.3 Å². The van der Waals surface area contributed by atoms with Gasteiger partial charge in [-0.1, -0.05) is 77.4 Å². The van der Waals surface area contributed by atoms with E-state index in [0.29, 0.717) is 27.8 Å². The fourth-order valence-corrected chi connectivity index (χ4v) is 5.47. The van der Waals surface area contributed by atoms with Crippen molar-refractivity contribution in [2.24, 2.45) is 0 Å². The topological polar surface area (TPSA) is 73.2 Å². The average molecular weight is 522 g/mol. The molecular weight excluding hydrogens is 501 g/mol. The number of carbonyl (C=O) groups excluding carboxylic acids is 2. The highest BCUT2D eigenvalue weighted by Gasteiger charge is 2.41. The van der Waals surface area contributed by atoms with Crippen molar-refractivity contribution in [1.29, 1.82) is 5.26 Å². The summed E-state index contributed by atoms with van der Waals surface area (Å²) >= 11 is 13.7. The Morgan fingerprint density at radius 2 is 1.77 bits per heavy atom. The molecule has 0 spiro atoms. The third-order valence-electron chi connectivity index (χ3n) is 5.81. The zero-order chi connectivity index (χ0) is 25.1. The number of para-hydroxylation sites is 1. The predicted molar refractivity (Wildman–Crippen MR) is 143 cm³/mol. The summed E-state index contributed by atoms with van der Waals surface area (Å²) in [6.07, 6.45) is 0.299. The molecule has 5 nitrogen and oxygen atoms in total. The summed E-state index contributed by atoms with van der Waals surface area (Å²) in [4.78, 5) is 28.3. The standard InChI is InChI=1S/C27H21Cl2N3O2S/c1-16-8-6-13-22(17(16)2)31-25(33)20(15-30)27-32(19-10-4-3-5-11-19)26(34)23(35-27)14-18-9-7-12-21(28)24(18)29/h3-13,23H,14H2,1-2H3,(H,31,33)/b27-20+/t23-/m0/s1. The molecule has 1 atom stereocenters. The van der Waals surface area contributed by atoms with Gasteiger partial charge in [-0.25, -0.2) is 0 Å². The van der Waals surface area contributed by atoms with Gasteiger partial charge in [0, 0.05) is 11.4 Å². The minimum absolute atomic E-state index is 0.132. The second-order valence-corrected chi connectivity index (χ2v) is 10.0. The van der Waals surface area contributed by atoms with Gasteiger partial charge in [-0.3, -0.25) is 14.5 Å². The van der Waals surface area contributed by atoms with Gasteiger partial charge in [0.1, 0.15) is 16.7 Å². The number of hydrogen-bond donors (Lipinski definition) is 1. The van der Waals surface area contributed by atoms with E-state index in [2.05, 4.69) is 5.32 Å². The third-order valence-corrected chi connectivity index (χ3v) is 7.93. The van der Waals surface area contributed by atoms with Gasteiger partial charge in [-0.05, 0) is 61.2 Å². The number of nitriles is 1. The predicted octanol–water partition coefficient (Wildman–Crippen LogP) is 6.68. The first kappa shape index (κ1) is 24.9. The Labute approximate surface area is 218 Å². The van der Waals surface area contributed by atoms with E-state index in [-0.39, 0.29) is 16.5 Å². The zero-order valence-corrected chi connectivity index (χ0v) is 21.3. The maximum Gasteiger partial charge on any atom is 0.269 e. The van der Waals surface area contributed by atoms with E-state index < -0.39 is 11.2 Å². The molecule has 1 aliphatic rings. The van der Waals surface area contributed by atoms with Gasteiger partial charge in [0.05, 0.1) is 15.3 Å². The first-order valence-electron chi connectivity index (χ1n) is 10.8. The number of carbonyl (C=O) groups is 2. The average Bonchev–Trinajstić information content (AvgIpc) is 3.16. The quantitative estimate of drug-likeness (QED) is 0.300. The van der Waals surface area contributed by atoms with Crippen molar-refractivity contribution < 1.29 is 9.59 Å². The van der Waals surface area contributed by atoms with Crippen molar-refractivity contribution >= 4 is 58.2 Å². The Balaban J connectivity index is 1.74. The monoisotopic (exact) mass is 521 g/mol. The highest BCUT2D eigenvalue weighted by Crippen LogP contribution is 2.43. The van der Waals surface area contributed by atoms with Crippen LogP contribution in [-0.4, -0.2) is 17.1 Å². The first-order chi connectivity index (χ1) is 16.8. The lowest BCUT2D eigenvalue weighted by molar-refractivity contribution is -0.117. The molecule has 0 saturated carbocycles. The fourth-order valence-electron chi connectivity index (χ4n) is 3.78. The summed E-state index contributed by atoms with van der Waals surface area (Å²) in [5.74, 6) is -0.807. The number of amides is 2. The highest BCUT2D eigenvalue weighted by molar-refractivity contribution is 8.05. The lowest BCUT2D eigenvalue weighted by atomic mass is 10.1. The van der Waals surface area contributed by atoms with Gasteiger partial charge in [0.2, 0.25) is 5.91 Å². The molecule has 4 rings (SSSR count). The molecule has 0 aliphatic carbocycles. The number of anilines is 2. The van der Waals surface area contributed by atoms with Crippen LogP contribution < -0.4 is 10.2 Å². The number of nitrogens with one attached hydrogen (secondary N) is 1. The molecule has 8 heteroatoms. The van der Waals surface area contributed by atoms with Crippen molar-refractivity contribution in [3.05, 3.63) is 104 Å². The van der Waals surface area contributed by atoms with Crippen molar-refractivity contribution in [3.63, 3.8) is 0 Å². The minimum Gasteiger partial charge on any atom is -0.321 e. The SMILES string of the molecule is Cc1cccc(NC(=O)/C(C#N)=C2/S[C@@H](Cc3cccc(Cl)c3Cl)C(=O)N2c2ccccc2)c1C. The van der Waals surface area contributed by atoms with Gasteiger partial charge in [0.15, 0.2) is 0 Å². The summed E-state index contributed by atoms with van der Waals surface area (Å²) in [5, 5.41) is 13.3. The molecule has 3 aromatic carbocycles. The molecule has 0 bridgehead atoms. The van der Waals surface area contributed by atoms with Crippen LogP contribution in [0.25, 0.3) is 0 Å². The molecule has 1 heterocycles. The van der Waals surface area contributed by atoms with Crippen LogP contribution in [-0.2, 0) is 16.0 Å². The van der Waals surface area contributed by atoms with Crippen LogP contribution >= 0.6 is 35.0 Å². The Hall–Kier alpha value is -3.24. The fraction of sp³-hybridized carbons (Fsp3) is 0.148. The number of nitrogens with zero attached hydrogens (tertiary/aromatic N) is 2. The molecule has 1 fully saturated rings. The van der Waals surface area contributed by atoms with E-state index >= 15 is 0 Å². The molecule has 1 saturated heterocycles. The van der Waals surface area contributed by atoms with E-state index in [1.165, 1.54) is 16.7 Å². The third kappa shape index (κ3) is 5.08. The number of hydrogen-bond acceptors (Lipinski definition) is 4. The van der Waals surface area contributed by atoms with E-state index in [9.17, 15) is 14.9 Å². The number of thioether (sulfide) groups is 1. The van der Waals surface area contributed by atoms with Gasteiger partial charge >= 0.3 is 0 Å². The Morgan fingerprint density at radius 1 is 1.06 bits per heavy atom. The van der Waals surface area contributed by atoms with Gasteiger partial charge in [-0.15, -0.1) is 0 Å². The minimum atomic E-state index is -0.585.